The van der Waals surface area contributed by atoms with Crippen molar-refractivity contribution in [1.82, 2.24) is 14.9 Å². The van der Waals surface area contributed by atoms with E-state index in [9.17, 15) is 9.59 Å². The standard InChI is InChI=1S/C19H21N3O4.C13H18.C3H4Cl2.2C2H6.C2H2/c1-3-4-15-11-22(12-18(23)20-2)17(21-15)10-7-14-5-8-16(9-6-14)26-13-19(24)25;1-4-12(5-2)13-10-8-6-7-9-11(13)3;4-2-1-3-5;3*1-2/h3-11H,12-13H2,1-2H3,(H,20,23)(H,24,25);4,6-8,10H,5,9H2,1-3H3;1-2H,3H2;2*1-2H3;1-2H/b4-3+,10-7+;12-4-;2-1+;;;. The maximum Gasteiger partial charge on any atom is 0.341 e. The second kappa shape index (κ2) is 34.4. The van der Waals surface area contributed by atoms with Gasteiger partial charge in [-0.25, -0.2) is 9.78 Å². The normalized spacial score (nSPS) is 11.7. The Kier molecular flexibility index (Phi) is 34.3. The summed E-state index contributed by atoms with van der Waals surface area (Å²) in [5, 5.41) is 11.2. The highest BCUT2D eigenvalue weighted by molar-refractivity contribution is 6.26. The summed E-state index contributed by atoms with van der Waals surface area (Å²) in [6.07, 6.45) is 32.0. The number of rotatable bonds is 11. The molecule has 0 saturated heterocycles. The van der Waals surface area contributed by atoms with Crippen LogP contribution in [-0.4, -0.2) is 46.1 Å². The summed E-state index contributed by atoms with van der Waals surface area (Å²) >= 11 is 10.2. The Morgan fingerprint density at radius 2 is 1.70 bits per heavy atom. The largest absolute Gasteiger partial charge is 0.482 e. The van der Waals surface area contributed by atoms with Crippen molar-refractivity contribution in [2.24, 2.45) is 0 Å². The third-order valence-corrected chi connectivity index (χ3v) is 6.43. The summed E-state index contributed by atoms with van der Waals surface area (Å²) in [7, 11) is 1.59. The van der Waals surface area contributed by atoms with Gasteiger partial charge in [0, 0.05) is 24.7 Å². The van der Waals surface area contributed by atoms with E-state index < -0.39 is 5.97 Å². The summed E-state index contributed by atoms with van der Waals surface area (Å²) in [6.45, 7) is 16.3. The van der Waals surface area contributed by atoms with E-state index in [1.54, 1.807) is 29.8 Å². The summed E-state index contributed by atoms with van der Waals surface area (Å²) in [6, 6.07) is 7.02. The molecule has 0 saturated carbocycles. The maximum absolute atomic E-state index is 11.7. The third-order valence-electron chi connectivity index (χ3n) is 6.07. The molecule has 1 aromatic heterocycles. The number of hydrogen-bond donors (Lipinski definition) is 2. The van der Waals surface area contributed by atoms with Crippen LogP contribution in [0.4, 0.5) is 0 Å². The molecule has 0 atom stereocenters. The number of allylic oxidation sites excluding steroid dienone is 10. The number of terminal acetylenes is 1. The Morgan fingerprint density at radius 3 is 2.18 bits per heavy atom. The van der Waals surface area contributed by atoms with Gasteiger partial charge in [-0.05, 0) is 74.6 Å². The van der Waals surface area contributed by atoms with E-state index in [0.717, 1.165) is 24.1 Å². The van der Waals surface area contributed by atoms with Crippen LogP contribution in [0.2, 0.25) is 0 Å². The van der Waals surface area contributed by atoms with E-state index in [4.69, 9.17) is 33.0 Å². The molecule has 1 aromatic carbocycles. The van der Waals surface area contributed by atoms with E-state index in [-0.39, 0.29) is 19.1 Å². The molecule has 9 heteroatoms. The van der Waals surface area contributed by atoms with Crippen molar-refractivity contribution in [3.05, 3.63) is 112 Å². The number of imidazole rings is 1. The van der Waals surface area contributed by atoms with E-state index in [1.165, 1.54) is 22.3 Å². The molecule has 1 aliphatic carbocycles. The van der Waals surface area contributed by atoms with E-state index in [0.29, 0.717) is 17.5 Å². The Bertz CT molecular complexity index is 1440. The zero-order valence-corrected chi connectivity index (χ0v) is 32.8. The van der Waals surface area contributed by atoms with E-state index >= 15 is 0 Å². The van der Waals surface area contributed by atoms with Gasteiger partial charge in [0.05, 0.1) is 5.69 Å². The summed E-state index contributed by atoms with van der Waals surface area (Å²) in [5.74, 6) is 0.524. The Labute approximate surface area is 311 Å². The number of carbonyl (C=O) groups is 2. The predicted octanol–water partition coefficient (Wildman–Crippen LogP) is 10.8. The first-order chi connectivity index (χ1) is 24.2. The third kappa shape index (κ3) is 23.0. The highest BCUT2D eigenvalue weighted by Gasteiger charge is 2.07. The minimum Gasteiger partial charge on any atom is -0.482 e. The number of amides is 1. The molecule has 2 N–H and O–H groups in total. The molecule has 1 amide bonds. The molecule has 274 valence electrons. The summed E-state index contributed by atoms with van der Waals surface area (Å²) in [5.41, 5.74) is 7.42. The second-order valence-corrected chi connectivity index (χ2v) is 9.84. The van der Waals surface area contributed by atoms with E-state index in [1.807, 2.05) is 77.3 Å². The smallest absolute Gasteiger partial charge is 0.341 e. The van der Waals surface area contributed by atoms with Crippen LogP contribution in [0.25, 0.3) is 18.2 Å². The number of hydrogen-bond acceptors (Lipinski definition) is 4. The molecule has 1 aliphatic rings. The summed E-state index contributed by atoms with van der Waals surface area (Å²) < 4.78 is 6.87. The first-order valence-electron chi connectivity index (χ1n) is 16.6. The zero-order valence-electron chi connectivity index (χ0n) is 31.3. The highest BCUT2D eigenvalue weighted by atomic mass is 35.5. The van der Waals surface area contributed by atoms with Crippen molar-refractivity contribution in [3.63, 3.8) is 0 Å². The van der Waals surface area contributed by atoms with Gasteiger partial charge >= 0.3 is 5.97 Å². The first kappa shape index (κ1) is 49.9. The monoisotopic (exact) mass is 725 g/mol. The van der Waals surface area contributed by atoms with Gasteiger partial charge in [-0.15, -0.1) is 24.4 Å². The lowest BCUT2D eigenvalue weighted by Gasteiger charge is -2.08. The number of nitrogens with zero attached hydrogens (tertiary/aromatic N) is 2. The number of alkyl halides is 1. The average molecular weight is 727 g/mol. The molecular weight excluding hydrogens is 669 g/mol. The number of carboxylic acid groups (broad SMARTS) is 1. The zero-order chi connectivity index (χ0) is 38.7. The molecule has 3 rings (SSSR count). The molecule has 2 aromatic rings. The molecule has 7 nitrogen and oxygen atoms in total. The van der Waals surface area contributed by atoms with Crippen molar-refractivity contribution in [3.8, 4) is 18.6 Å². The molecule has 0 radical (unpaired) electrons. The van der Waals surface area contributed by atoms with Crippen molar-refractivity contribution >= 4 is 53.3 Å². The van der Waals surface area contributed by atoms with Crippen LogP contribution in [0, 0.1) is 12.8 Å². The van der Waals surface area contributed by atoms with Crippen molar-refractivity contribution in [2.45, 2.75) is 74.8 Å². The minimum atomic E-state index is -1.02. The fourth-order valence-corrected chi connectivity index (χ4v) is 4.15. The number of aliphatic carboxylic acids is 1. The van der Waals surface area contributed by atoms with E-state index in [2.05, 4.69) is 74.3 Å². The van der Waals surface area contributed by atoms with Crippen LogP contribution in [0.1, 0.15) is 85.3 Å². The van der Waals surface area contributed by atoms with Crippen molar-refractivity contribution in [2.75, 3.05) is 19.5 Å². The molecule has 1 heterocycles. The number of carbonyl (C=O) groups excluding carboxylic acids is 1. The average Bonchev–Trinajstić information content (AvgIpc) is 3.39. The molecule has 0 spiro atoms. The van der Waals surface area contributed by atoms with Crippen LogP contribution in [0.15, 0.2) is 95.2 Å². The number of carboxylic acids is 1. The second-order valence-electron chi connectivity index (χ2n) is 9.28. The lowest BCUT2D eigenvalue weighted by atomic mass is 9.97. The Hall–Kier alpha value is -4.51. The fourth-order valence-electron chi connectivity index (χ4n) is 3.88. The molecular formula is C41H57Cl2N3O4. The van der Waals surface area contributed by atoms with Gasteiger partial charge in [0.2, 0.25) is 5.91 Å². The SMILES string of the molecule is C#C.C/C=C(/CC)C1=C(C)CC=CC=C1.C/C=C/c1cn(CC(=O)NC)c(/C=C/c2ccc(OCC(=O)O)cc2)n1.CC.CC.Cl/C=C/CCl. The lowest BCUT2D eigenvalue weighted by Crippen LogP contribution is -2.23. The van der Waals surface area contributed by atoms with Gasteiger partial charge < -0.3 is 19.7 Å². The number of ether oxygens (including phenoxy) is 1. The molecule has 0 unspecified atom stereocenters. The van der Waals surface area contributed by atoms with Crippen LogP contribution < -0.4 is 10.1 Å². The molecule has 0 bridgehead atoms. The van der Waals surface area contributed by atoms with Gasteiger partial charge in [-0.1, -0.05) is 113 Å². The maximum atomic E-state index is 11.7. The number of benzene rings is 1. The number of likely N-dealkylation sites (N-methyl/N-ethyl adjacent to an activating group) is 1. The number of halogens is 2. The molecule has 0 fully saturated rings. The van der Waals surface area contributed by atoms with Crippen LogP contribution >= 0.6 is 23.2 Å². The van der Waals surface area contributed by atoms with Crippen LogP contribution in [0.5, 0.6) is 5.75 Å². The fraction of sp³-hybridized carbons (Fsp3) is 0.341. The number of nitrogens with one attached hydrogen (secondary N) is 1. The van der Waals surface area contributed by atoms with Crippen molar-refractivity contribution < 1.29 is 19.4 Å². The van der Waals surface area contributed by atoms with Crippen LogP contribution in [0.3, 0.4) is 0 Å². The Morgan fingerprint density at radius 1 is 1.06 bits per heavy atom. The summed E-state index contributed by atoms with van der Waals surface area (Å²) in [4.78, 5) is 26.7. The topological polar surface area (TPSA) is 93.5 Å². The van der Waals surface area contributed by atoms with Gasteiger partial charge in [-0.3, -0.25) is 4.79 Å². The highest BCUT2D eigenvalue weighted by Crippen LogP contribution is 2.23. The van der Waals surface area contributed by atoms with Gasteiger partial charge in [-0.2, -0.15) is 0 Å². The minimum absolute atomic E-state index is 0.107. The molecule has 0 aliphatic heterocycles. The molecule has 50 heavy (non-hydrogen) atoms. The van der Waals surface area contributed by atoms with Crippen LogP contribution in [-0.2, 0) is 16.1 Å². The quantitative estimate of drug-likeness (QED) is 0.178. The number of aromatic nitrogens is 2. The van der Waals surface area contributed by atoms with Gasteiger partial charge in [0.15, 0.2) is 6.61 Å². The Balaban J connectivity index is -0.000000765. The van der Waals surface area contributed by atoms with Gasteiger partial charge in [0.1, 0.15) is 18.1 Å². The predicted molar refractivity (Wildman–Crippen MR) is 217 cm³/mol. The lowest BCUT2D eigenvalue weighted by molar-refractivity contribution is -0.139. The van der Waals surface area contributed by atoms with Gasteiger partial charge in [0.25, 0.3) is 0 Å². The van der Waals surface area contributed by atoms with Crippen molar-refractivity contribution in [1.29, 1.82) is 0 Å². The first-order valence-corrected chi connectivity index (χ1v) is 17.6.